The summed E-state index contributed by atoms with van der Waals surface area (Å²) in [5, 5.41) is 8.08. The van der Waals surface area contributed by atoms with E-state index in [4.69, 9.17) is 27.9 Å². The Morgan fingerprint density at radius 3 is 2.77 bits per heavy atom. The molecule has 134 valence electrons. The second-order valence-corrected chi connectivity index (χ2v) is 6.57. The van der Waals surface area contributed by atoms with Crippen molar-refractivity contribution in [1.29, 1.82) is 0 Å². The lowest BCUT2D eigenvalue weighted by Gasteiger charge is -2.10. The van der Waals surface area contributed by atoms with E-state index in [1.807, 2.05) is 31.4 Å². The first-order valence-corrected chi connectivity index (χ1v) is 8.70. The molecule has 0 spiro atoms. The first-order valence-electron chi connectivity index (χ1n) is 7.95. The van der Waals surface area contributed by atoms with Gasteiger partial charge in [-0.25, -0.2) is 0 Å². The number of aryl methyl sites for hydroxylation is 1. The molecule has 0 aliphatic heterocycles. The minimum absolute atomic E-state index is 0.165. The fourth-order valence-electron chi connectivity index (χ4n) is 2.39. The summed E-state index contributed by atoms with van der Waals surface area (Å²) in [4.78, 5) is 12.3. The first kappa shape index (κ1) is 18.3. The molecule has 5 nitrogen and oxygen atoms in total. The van der Waals surface area contributed by atoms with Gasteiger partial charge in [0.1, 0.15) is 12.4 Å². The van der Waals surface area contributed by atoms with Crippen LogP contribution in [0, 0.1) is 0 Å². The predicted octanol–water partition coefficient (Wildman–Crippen LogP) is 4.24. The van der Waals surface area contributed by atoms with Gasteiger partial charge in [-0.3, -0.25) is 9.48 Å². The summed E-state index contributed by atoms with van der Waals surface area (Å²) in [6, 6.07) is 14.2. The molecule has 0 saturated carbocycles. The number of ether oxygens (including phenoxy) is 1. The summed E-state index contributed by atoms with van der Waals surface area (Å²) >= 11 is 12.0. The molecule has 3 rings (SSSR count). The van der Waals surface area contributed by atoms with Gasteiger partial charge in [0.15, 0.2) is 0 Å². The van der Waals surface area contributed by atoms with Crippen LogP contribution in [-0.4, -0.2) is 15.7 Å². The van der Waals surface area contributed by atoms with Crippen LogP contribution in [0.15, 0.2) is 54.7 Å². The van der Waals surface area contributed by atoms with Crippen LogP contribution in [0.4, 0.5) is 0 Å². The highest BCUT2D eigenvalue weighted by molar-refractivity contribution is 6.35. The van der Waals surface area contributed by atoms with Crippen LogP contribution in [-0.2, 0) is 20.2 Å². The van der Waals surface area contributed by atoms with E-state index < -0.39 is 0 Å². The maximum Gasteiger partial charge on any atom is 0.251 e. The Bertz CT molecular complexity index is 925. The number of carbonyl (C=O) groups excluding carboxylic acids is 1. The van der Waals surface area contributed by atoms with E-state index in [0.717, 1.165) is 11.3 Å². The average molecular weight is 390 g/mol. The molecule has 1 aromatic heterocycles. The zero-order valence-electron chi connectivity index (χ0n) is 14.1. The highest BCUT2D eigenvalue weighted by Gasteiger charge is 2.08. The van der Waals surface area contributed by atoms with Gasteiger partial charge in [0.25, 0.3) is 5.91 Å². The number of carbonyl (C=O) groups is 1. The van der Waals surface area contributed by atoms with Crippen LogP contribution >= 0.6 is 23.2 Å². The normalized spacial score (nSPS) is 10.6. The molecule has 2 aromatic carbocycles. The zero-order chi connectivity index (χ0) is 18.5. The van der Waals surface area contributed by atoms with E-state index in [2.05, 4.69) is 10.4 Å². The highest BCUT2D eigenvalue weighted by atomic mass is 35.5. The Morgan fingerprint density at radius 2 is 2.04 bits per heavy atom. The fraction of sp³-hybridized carbons (Fsp3) is 0.158. The van der Waals surface area contributed by atoms with E-state index in [9.17, 15) is 4.79 Å². The van der Waals surface area contributed by atoms with Crippen molar-refractivity contribution in [2.24, 2.45) is 7.05 Å². The Morgan fingerprint density at radius 1 is 1.19 bits per heavy atom. The number of hydrogen-bond acceptors (Lipinski definition) is 3. The molecule has 1 N–H and O–H groups in total. The second-order valence-electron chi connectivity index (χ2n) is 5.73. The third-order valence-corrected chi connectivity index (χ3v) is 4.21. The molecule has 0 unspecified atom stereocenters. The smallest absolute Gasteiger partial charge is 0.251 e. The van der Waals surface area contributed by atoms with Crippen molar-refractivity contribution in [3.63, 3.8) is 0 Å². The van der Waals surface area contributed by atoms with E-state index in [-0.39, 0.29) is 5.91 Å². The van der Waals surface area contributed by atoms with Crippen molar-refractivity contribution in [2.75, 3.05) is 0 Å². The van der Waals surface area contributed by atoms with Crippen LogP contribution in [0.1, 0.15) is 21.6 Å². The van der Waals surface area contributed by atoms with Crippen molar-refractivity contribution >= 4 is 29.1 Å². The molecule has 0 aliphatic carbocycles. The second kappa shape index (κ2) is 8.25. The summed E-state index contributed by atoms with van der Waals surface area (Å²) in [7, 11) is 1.84. The standard InChI is InChI=1S/C19H17Cl2N3O2/c1-24-8-7-16(23-24)11-22-19(25)14-4-2-3-13(9-14)12-26-18-6-5-15(20)10-17(18)21/h2-10H,11-12H2,1H3,(H,22,25). The van der Waals surface area contributed by atoms with Gasteiger partial charge < -0.3 is 10.1 Å². The van der Waals surface area contributed by atoms with Gasteiger partial charge in [-0.05, 0) is 42.0 Å². The number of benzene rings is 2. The molecular weight excluding hydrogens is 373 g/mol. The van der Waals surface area contributed by atoms with Crippen molar-refractivity contribution in [2.45, 2.75) is 13.2 Å². The van der Waals surface area contributed by atoms with Crippen LogP contribution in [0.3, 0.4) is 0 Å². The Labute approximate surface area is 161 Å². The summed E-state index contributed by atoms with van der Waals surface area (Å²) in [6.07, 6.45) is 1.83. The van der Waals surface area contributed by atoms with Crippen molar-refractivity contribution < 1.29 is 9.53 Å². The monoisotopic (exact) mass is 389 g/mol. The third kappa shape index (κ3) is 4.77. The molecule has 0 atom stereocenters. The van der Waals surface area contributed by atoms with Crippen molar-refractivity contribution in [3.05, 3.63) is 81.6 Å². The summed E-state index contributed by atoms with van der Waals surface area (Å²) in [5.41, 5.74) is 2.23. The van der Waals surface area contributed by atoms with Gasteiger partial charge in [0, 0.05) is 23.8 Å². The molecule has 26 heavy (non-hydrogen) atoms. The number of nitrogens with zero attached hydrogens (tertiary/aromatic N) is 2. The molecular formula is C19H17Cl2N3O2. The van der Waals surface area contributed by atoms with Crippen LogP contribution < -0.4 is 10.1 Å². The van der Waals surface area contributed by atoms with Crippen molar-refractivity contribution in [3.8, 4) is 5.75 Å². The molecule has 1 amide bonds. The topological polar surface area (TPSA) is 56.2 Å². The van der Waals surface area contributed by atoms with Crippen LogP contribution in [0.5, 0.6) is 5.75 Å². The van der Waals surface area contributed by atoms with Gasteiger partial charge in [-0.15, -0.1) is 0 Å². The van der Waals surface area contributed by atoms with E-state index >= 15 is 0 Å². The lowest BCUT2D eigenvalue weighted by atomic mass is 10.1. The number of amides is 1. The lowest BCUT2D eigenvalue weighted by Crippen LogP contribution is -2.23. The van der Waals surface area contributed by atoms with Crippen molar-refractivity contribution in [1.82, 2.24) is 15.1 Å². The molecule has 7 heteroatoms. The summed E-state index contributed by atoms with van der Waals surface area (Å²) in [5.74, 6) is 0.378. The zero-order valence-corrected chi connectivity index (χ0v) is 15.6. The van der Waals surface area contributed by atoms with E-state index in [1.54, 1.807) is 35.0 Å². The SMILES string of the molecule is Cn1ccc(CNC(=O)c2cccc(COc3ccc(Cl)cc3Cl)c2)n1. The number of halogens is 2. The number of nitrogens with one attached hydrogen (secondary N) is 1. The maximum atomic E-state index is 12.3. The molecule has 0 radical (unpaired) electrons. The number of hydrogen-bond donors (Lipinski definition) is 1. The average Bonchev–Trinajstić information content (AvgIpc) is 3.04. The molecule has 0 bridgehead atoms. The van der Waals surface area contributed by atoms with Gasteiger partial charge in [0.2, 0.25) is 0 Å². The molecule has 0 fully saturated rings. The minimum atomic E-state index is -0.165. The third-order valence-electron chi connectivity index (χ3n) is 3.68. The fourth-order valence-corrected chi connectivity index (χ4v) is 2.85. The maximum absolute atomic E-state index is 12.3. The lowest BCUT2D eigenvalue weighted by molar-refractivity contribution is 0.0950. The van der Waals surface area contributed by atoms with Crippen LogP contribution in [0.2, 0.25) is 10.0 Å². The van der Waals surface area contributed by atoms with Gasteiger partial charge in [-0.1, -0.05) is 35.3 Å². The quantitative estimate of drug-likeness (QED) is 0.685. The Hall–Kier alpha value is -2.50. The van der Waals surface area contributed by atoms with E-state index in [1.165, 1.54) is 0 Å². The number of rotatable bonds is 6. The van der Waals surface area contributed by atoms with Crippen LogP contribution in [0.25, 0.3) is 0 Å². The summed E-state index contributed by atoms with van der Waals surface area (Å²) < 4.78 is 7.41. The van der Waals surface area contributed by atoms with Gasteiger partial charge in [0.05, 0.1) is 17.3 Å². The summed E-state index contributed by atoms with van der Waals surface area (Å²) in [6.45, 7) is 0.670. The molecule has 0 aliphatic rings. The Kier molecular flexibility index (Phi) is 5.81. The first-order chi connectivity index (χ1) is 12.5. The predicted molar refractivity (Wildman–Crippen MR) is 102 cm³/mol. The largest absolute Gasteiger partial charge is 0.487 e. The Balaban J connectivity index is 1.61. The van der Waals surface area contributed by atoms with E-state index in [0.29, 0.717) is 34.5 Å². The molecule has 3 aromatic rings. The number of aromatic nitrogens is 2. The highest BCUT2D eigenvalue weighted by Crippen LogP contribution is 2.28. The van der Waals surface area contributed by atoms with Gasteiger partial charge >= 0.3 is 0 Å². The minimum Gasteiger partial charge on any atom is -0.487 e. The molecule has 0 saturated heterocycles. The van der Waals surface area contributed by atoms with Gasteiger partial charge in [-0.2, -0.15) is 5.10 Å². The molecule has 1 heterocycles.